The van der Waals surface area contributed by atoms with Crippen LogP contribution in [-0.4, -0.2) is 34.8 Å². The first-order valence-electron chi connectivity index (χ1n) is 9.22. The number of fused-ring (bicyclic) bond motifs is 1. The molecule has 0 bridgehead atoms. The molecule has 0 aliphatic carbocycles. The molecule has 4 rings (SSSR count). The number of benzene rings is 2. The maximum atomic E-state index is 12.8. The zero-order chi connectivity index (χ0) is 19.7. The summed E-state index contributed by atoms with van der Waals surface area (Å²) in [4.78, 5) is 30.5. The van der Waals surface area contributed by atoms with Crippen molar-refractivity contribution in [2.75, 3.05) is 13.1 Å². The highest BCUT2D eigenvalue weighted by Gasteiger charge is 2.27. The topological polar surface area (TPSA) is 89.4 Å². The number of piperidine rings is 1. The van der Waals surface area contributed by atoms with Crippen molar-refractivity contribution in [2.24, 2.45) is 11.7 Å². The second-order valence-corrected chi connectivity index (χ2v) is 7.52. The third-order valence-corrected chi connectivity index (χ3v) is 5.31. The van der Waals surface area contributed by atoms with Gasteiger partial charge in [-0.05, 0) is 48.7 Å². The summed E-state index contributed by atoms with van der Waals surface area (Å²) in [6, 6.07) is 12.7. The van der Waals surface area contributed by atoms with Gasteiger partial charge >= 0.3 is 0 Å². The highest BCUT2D eigenvalue weighted by molar-refractivity contribution is 6.30. The van der Waals surface area contributed by atoms with E-state index in [1.54, 1.807) is 23.1 Å². The molecular weight excluding hydrogens is 378 g/mol. The normalized spacial score (nSPS) is 17.0. The van der Waals surface area contributed by atoms with Gasteiger partial charge in [0.2, 0.25) is 5.91 Å². The number of carbonyl (C=O) groups is 2. The van der Waals surface area contributed by atoms with E-state index in [1.165, 1.54) is 0 Å². The number of likely N-dealkylation sites (tertiary alicyclic amines) is 1. The molecule has 2 aromatic carbocycles. The van der Waals surface area contributed by atoms with E-state index in [-0.39, 0.29) is 17.7 Å². The molecule has 1 atom stereocenters. The van der Waals surface area contributed by atoms with E-state index in [0.717, 1.165) is 18.4 Å². The van der Waals surface area contributed by atoms with Crippen LogP contribution in [0.1, 0.15) is 34.7 Å². The van der Waals surface area contributed by atoms with Crippen LogP contribution in [0.4, 0.5) is 0 Å². The van der Waals surface area contributed by atoms with Crippen LogP contribution in [0.3, 0.4) is 0 Å². The standard InChI is InChI=1S/C21H20ClN3O3/c22-16-6-3-13(4-7-16)10-19-24-17-11-14(5-8-18(17)28-19)21(27)25-9-1-2-15(12-25)20(23)26/h3-8,11,15H,1-2,9-10,12H2,(H2,23,26)/t15-/m1/s1. The molecule has 6 nitrogen and oxygen atoms in total. The maximum absolute atomic E-state index is 12.8. The fourth-order valence-electron chi connectivity index (χ4n) is 3.54. The average molecular weight is 398 g/mol. The van der Waals surface area contributed by atoms with Crippen molar-refractivity contribution in [1.82, 2.24) is 9.88 Å². The Balaban J connectivity index is 1.53. The second kappa shape index (κ2) is 7.64. The van der Waals surface area contributed by atoms with Crippen LogP contribution in [0.15, 0.2) is 46.9 Å². The van der Waals surface area contributed by atoms with E-state index in [2.05, 4.69) is 4.98 Å². The number of amides is 2. The van der Waals surface area contributed by atoms with Gasteiger partial charge in [-0.2, -0.15) is 0 Å². The molecule has 0 unspecified atom stereocenters. The zero-order valence-corrected chi connectivity index (χ0v) is 16.0. The zero-order valence-electron chi connectivity index (χ0n) is 15.2. The lowest BCUT2D eigenvalue weighted by Gasteiger charge is -2.31. The van der Waals surface area contributed by atoms with Crippen molar-refractivity contribution < 1.29 is 14.0 Å². The first kappa shape index (κ1) is 18.5. The molecule has 1 saturated heterocycles. The van der Waals surface area contributed by atoms with Gasteiger partial charge in [0.1, 0.15) is 5.52 Å². The largest absolute Gasteiger partial charge is 0.440 e. The highest BCUT2D eigenvalue weighted by Crippen LogP contribution is 2.23. The number of nitrogens with two attached hydrogens (primary N) is 1. The van der Waals surface area contributed by atoms with Crippen LogP contribution >= 0.6 is 11.6 Å². The Bertz CT molecular complexity index is 1030. The minimum absolute atomic E-state index is 0.116. The molecule has 0 spiro atoms. The van der Waals surface area contributed by atoms with Crippen LogP contribution in [-0.2, 0) is 11.2 Å². The quantitative estimate of drug-likeness (QED) is 0.730. The summed E-state index contributed by atoms with van der Waals surface area (Å²) in [5.74, 6) is -0.167. The van der Waals surface area contributed by atoms with Gasteiger partial charge in [0, 0.05) is 30.1 Å². The molecule has 1 fully saturated rings. The summed E-state index contributed by atoms with van der Waals surface area (Å²) in [5.41, 5.74) is 8.25. The molecule has 1 aliphatic heterocycles. The van der Waals surface area contributed by atoms with Crippen molar-refractivity contribution >= 4 is 34.5 Å². The summed E-state index contributed by atoms with van der Waals surface area (Å²) in [6.45, 7) is 0.994. The molecule has 2 N–H and O–H groups in total. The van der Waals surface area contributed by atoms with E-state index in [9.17, 15) is 9.59 Å². The van der Waals surface area contributed by atoms with Crippen molar-refractivity contribution in [2.45, 2.75) is 19.3 Å². The third-order valence-electron chi connectivity index (χ3n) is 5.06. The first-order chi connectivity index (χ1) is 13.5. The summed E-state index contributed by atoms with van der Waals surface area (Å²) < 4.78 is 5.80. The Morgan fingerprint density at radius 1 is 1.21 bits per heavy atom. The molecule has 144 valence electrons. The summed E-state index contributed by atoms with van der Waals surface area (Å²) in [7, 11) is 0. The van der Waals surface area contributed by atoms with Crippen LogP contribution in [0, 0.1) is 5.92 Å². The summed E-state index contributed by atoms with van der Waals surface area (Å²) in [6.07, 6.45) is 2.05. The van der Waals surface area contributed by atoms with Crippen molar-refractivity contribution in [1.29, 1.82) is 0 Å². The van der Waals surface area contributed by atoms with Crippen LogP contribution < -0.4 is 5.73 Å². The van der Waals surface area contributed by atoms with E-state index in [1.807, 2.05) is 24.3 Å². The summed E-state index contributed by atoms with van der Waals surface area (Å²) >= 11 is 5.92. The van der Waals surface area contributed by atoms with Gasteiger partial charge in [-0.25, -0.2) is 4.98 Å². The van der Waals surface area contributed by atoms with Gasteiger partial charge in [0.15, 0.2) is 11.5 Å². The fourth-order valence-corrected chi connectivity index (χ4v) is 3.66. The van der Waals surface area contributed by atoms with Gasteiger partial charge in [-0.3, -0.25) is 9.59 Å². The van der Waals surface area contributed by atoms with Gasteiger partial charge in [0.05, 0.1) is 5.92 Å². The lowest BCUT2D eigenvalue weighted by atomic mass is 9.97. The monoisotopic (exact) mass is 397 g/mol. The van der Waals surface area contributed by atoms with Gasteiger partial charge in [-0.1, -0.05) is 23.7 Å². The SMILES string of the molecule is NC(=O)[C@@H]1CCCN(C(=O)c2ccc3oc(Cc4ccc(Cl)cc4)nc3c2)C1. The van der Waals surface area contributed by atoms with Crippen LogP contribution in [0.5, 0.6) is 0 Å². The predicted molar refractivity (Wildman–Crippen MR) is 106 cm³/mol. The van der Waals surface area contributed by atoms with E-state index < -0.39 is 0 Å². The van der Waals surface area contributed by atoms with Gasteiger partial charge in [0.25, 0.3) is 5.91 Å². The fraction of sp³-hybridized carbons (Fsp3) is 0.286. The average Bonchev–Trinajstić information content (AvgIpc) is 3.10. The van der Waals surface area contributed by atoms with E-state index in [4.69, 9.17) is 21.8 Å². The van der Waals surface area contributed by atoms with E-state index in [0.29, 0.717) is 47.1 Å². The minimum atomic E-state index is -0.351. The Morgan fingerprint density at radius 3 is 2.75 bits per heavy atom. The molecule has 0 saturated carbocycles. The number of aromatic nitrogens is 1. The Hall–Kier alpha value is -2.86. The third kappa shape index (κ3) is 3.87. The Kier molecular flexibility index (Phi) is 5.05. The smallest absolute Gasteiger partial charge is 0.253 e. The lowest BCUT2D eigenvalue weighted by Crippen LogP contribution is -2.44. The Labute approximate surface area is 167 Å². The highest BCUT2D eigenvalue weighted by atomic mass is 35.5. The number of hydrogen-bond donors (Lipinski definition) is 1. The molecule has 28 heavy (non-hydrogen) atoms. The number of rotatable bonds is 4. The molecule has 0 radical (unpaired) electrons. The molecule has 1 aliphatic rings. The maximum Gasteiger partial charge on any atom is 0.253 e. The molecule has 2 heterocycles. The second-order valence-electron chi connectivity index (χ2n) is 7.09. The molecular formula is C21H20ClN3O3. The van der Waals surface area contributed by atoms with Crippen molar-refractivity contribution in [3.05, 3.63) is 64.5 Å². The number of nitrogens with zero attached hydrogens (tertiary/aromatic N) is 2. The predicted octanol–water partition coefficient (Wildman–Crippen LogP) is 3.41. The van der Waals surface area contributed by atoms with Crippen LogP contribution in [0.2, 0.25) is 5.02 Å². The number of carbonyl (C=O) groups excluding carboxylic acids is 2. The summed E-state index contributed by atoms with van der Waals surface area (Å²) in [5, 5.41) is 0.681. The first-order valence-corrected chi connectivity index (χ1v) is 9.60. The molecule has 7 heteroatoms. The van der Waals surface area contributed by atoms with Gasteiger partial charge in [-0.15, -0.1) is 0 Å². The lowest BCUT2D eigenvalue weighted by molar-refractivity contribution is -0.123. The van der Waals surface area contributed by atoms with Crippen molar-refractivity contribution in [3.8, 4) is 0 Å². The minimum Gasteiger partial charge on any atom is -0.440 e. The van der Waals surface area contributed by atoms with Crippen LogP contribution in [0.25, 0.3) is 11.1 Å². The molecule has 1 aromatic heterocycles. The number of halogens is 1. The molecule has 2 amide bonds. The van der Waals surface area contributed by atoms with E-state index >= 15 is 0 Å². The number of oxazole rings is 1. The Morgan fingerprint density at radius 2 is 2.00 bits per heavy atom. The number of primary amides is 1. The molecule has 3 aromatic rings. The van der Waals surface area contributed by atoms with Crippen molar-refractivity contribution in [3.63, 3.8) is 0 Å². The van der Waals surface area contributed by atoms with Gasteiger partial charge < -0.3 is 15.1 Å². The number of hydrogen-bond acceptors (Lipinski definition) is 4.